The molecule has 0 fully saturated rings. The SMILES string of the molecule is C=CCOS(=O)(=O)O.OCCN(CCO)CCOCCN(CCO)CCO. The van der Waals surface area contributed by atoms with E-state index in [2.05, 4.69) is 10.8 Å². The fourth-order valence-electron chi connectivity index (χ4n) is 1.86. The third kappa shape index (κ3) is 23.3. The van der Waals surface area contributed by atoms with Crippen molar-refractivity contribution >= 4 is 10.4 Å². The first-order valence-corrected chi connectivity index (χ1v) is 9.89. The van der Waals surface area contributed by atoms with Crippen LogP contribution in [0, 0.1) is 0 Å². The second-order valence-electron chi connectivity index (χ2n) is 5.19. The molecular weight excluding hydrogens is 384 g/mol. The molecule has 164 valence electrons. The van der Waals surface area contributed by atoms with E-state index in [1.807, 2.05) is 9.80 Å². The summed E-state index contributed by atoms with van der Waals surface area (Å²) in [5.74, 6) is 0. The van der Waals surface area contributed by atoms with Gasteiger partial charge in [0.2, 0.25) is 0 Å². The second-order valence-corrected chi connectivity index (χ2v) is 6.28. The first-order chi connectivity index (χ1) is 12.8. The molecule has 0 saturated carbocycles. The molecule has 0 saturated heterocycles. The molecule has 0 bridgehead atoms. The van der Waals surface area contributed by atoms with Crippen molar-refractivity contribution in [3.8, 4) is 0 Å². The maximum atomic E-state index is 9.68. The predicted molar refractivity (Wildman–Crippen MR) is 99.7 cm³/mol. The first kappa shape index (κ1) is 28.5. The van der Waals surface area contributed by atoms with Crippen LogP contribution in [-0.2, 0) is 19.3 Å². The van der Waals surface area contributed by atoms with Gasteiger partial charge in [-0.25, -0.2) is 4.18 Å². The third-order valence-electron chi connectivity index (χ3n) is 3.10. The van der Waals surface area contributed by atoms with Gasteiger partial charge in [-0.1, -0.05) is 6.08 Å². The molecule has 0 aromatic carbocycles. The fourth-order valence-corrected chi connectivity index (χ4v) is 2.13. The summed E-state index contributed by atoms with van der Waals surface area (Å²) >= 11 is 0. The smallest absolute Gasteiger partial charge is 0.395 e. The normalized spacial score (nSPS) is 11.5. The van der Waals surface area contributed by atoms with Crippen LogP contribution in [0.15, 0.2) is 12.7 Å². The minimum Gasteiger partial charge on any atom is -0.395 e. The molecular formula is C15H34N2O9S. The summed E-state index contributed by atoms with van der Waals surface area (Å²) in [5.41, 5.74) is 0. The average molecular weight is 419 g/mol. The highest BCUT2D eigenvalue weighted by atomic mass is 32.3. The minimum absolute atomic E-state index is 0.0702. The third-order valence-corrected chi connectivity index (χ3v) is 3.54. The molecule has 0 radical (unpaired) electrons. The standard InChI is InChI=1S/C12H28N2O5.C3H6O4S/c15-7-1-13(2-8-16)5-11-19-12-6-14(3-9-17)4-10-18;1-2-3-7-8(4,5)6/h15-18H,1-12H2;2H,1,3H2,(H,4,5,6). The lowest BCUT2D eigenvalue weighted by Crippen LogP contribution is -2.35. The number of rotatable bonds is 17. The van der Waals surface area contributed by atoms with Crippen LogP contribution in [-0.4, -0.2) is 129 Å². The Hall–Kier alpha value is -0.670. The van der Waals surface area contributed by atoms with Gasteiger partial charge in [0.1, 0.15) is 0 Å². The van der Waals surface area contributed by atoms with Crippen molar-refractivity contribution < 1.29 is 42.3 Å². The molecule has 0 aromatic rings. The topological polar surface area (TPSA) is 160 Å². The van der Waals surface area contributed by atoms with E-state index in [0.717, 1.165) is 0 Å². The molecule has 12 heteroatoms. The van der Waals surface area contributed by atoms with Gasteiger partial charge in [0.15, 0.2) is 0 Å². The van der Waals surface area contributed by atoms with E-state index >= 15 is 0 Å². The van der Waals surface area contributed by atoms with Crippen LogP contribution >= 0.6 is 0 Å². The summed E-state index contributed by atoms with van der Waals surface area (Å²) in [6, 6.07) is 0. The van der Waals surface area contributed by atoms with Gasteiger partial charge in [-0.15, -0.1) is 6.58 Å². The Morgan fingerprint density at radius 2 is 1.15 bits per heavy atom. The van der Waals surface area contributed by atoms with Crippen molar-refractivity contribution in [2.45, 2.75) is 0 Å². The van der Waals surface area contributed by atoms with E-state index in [4.69, 9.17) is 29.7 Å². The van der Waals surface area contributed by atoms with Gasteiger partial charge in [-0.05, 0) is 0 Å². The Labute approximate surface area is 161 Å². The Morgan fingerprint density at radius 1 is 0.778 bits per heavy atom. The maximum Gasteiger partial charge on any atom is 0.397 e. The van der Waals surface area contributed by atoms with E-state index < -0.39 is 10.4 Å². The van der Waals surface area contributed by atoms with Crippen molar-refractivity contribution in [2.75, 3.05) is 85.5 Å². The Morgan fingerprint density at radius 3 is 1.37 bits per heavy atom. The van der Waals surface area contributed by atoms with E-state index in [1.54, 1.807) is 0 Å². The van der Waals surface area contributed by atoms with Crippen LogP contribution in [0.25, 0.3) is 0 Å². The highest BCUT2D eigenvalue weighted by molar-refractivity contribution is 7.80. The molecule has 27 heavy (non-hydrogen) atoms. The molecule has 0 heterocycles. The number of aliphatic hydroxyl groups is 4. The summed E-state index contributed by atoms with van der Waals surface area (Å²) < 4.78 is 36.5. The monoisotopic (exact) mass is 418 g/mol. The highest BCUT2D eigenvalue weighted by Gasteiger charge is 2.05. The van der Waals surface area contributed by atoms with Crippen LogP contribution in [0.5, 0.6) is 0 Å². The lowest BCUT2D eigenvalue weighted by molar-refractivity contribution is 0.0646. The van der Waals surface area contributed by atoms with Gasteiger partial charge in [0.05, 0.1) is 46.2 Å². The van der Waals surface area contributed by atoms with Gasteiger partial charge in [-0.3, -0.25) is 14.4 Å². The molecule has 0 aliphatic heterocycles. The summed E-state index contributed by atoms with van der Waals surface area (Å²) in [5, 5.41) is 35.4. The quantitative estimate of drug-likeness (QED) is 0.0970. The summed E-state index contributed by atoms with van der Waals surface area (Å²) in [7, 11) is -4.26. The van der Waals surface area contributed by atoms with Crippen molar-refractivity contribution in [1.82, 2.24) is 9.80 Å². The van der Waals surface area contributed by atoms with Crippen LogP contribution in [0.4, 0.5) is 0 Å². The van der Waals surface area contributed by atoms with Crippen LogP contribution < -0.4 is 0 Å². The van der Waals surface area contributed by atoms with Gasteiger partial charge < -0.3 is 25.2 Å². The molecule has 0 rings (SSSR count). The summed E-state index contributed by atoms with van der Waals surface area (Å²) in [6.07, 6.45) is 1.22. The predicted octanol–water partition coefficient (Wildman–Crippen LogP) is -2.43. The number of aliphatic hydroxyl groups excluding tert-OH is 4. The molecule has 5 N–H and O–H groups in total. The van der Waals surface area contributed by atoms with Crippen molar-refractivity contribution in [1.29, 1.82) is 0 Å². The second kappa shape index (κ2) is 20.1. The van der Waals surface area contributed by atoms with E-state index in [-0.39, 0.29) is 33.0 Å². The molecule has 11 nitrogen and oxygen atoms in total. The van der Waals surface area contributed by atoms with Crippen molar-refractivity contribution in [3.05, 3.63) is 12.7 Å². The zero-order chi connectivity index (χ0) is 21.0. The number of nitrogens with zero attached hydrogens (tertiary/aromatic N) is 2. The fraction of sp³-hybridized carbons (Fsp3) is 0.867. The molecule has 0 aliphatic carbocycles. The molecule has 0 aromatic heterocycles. The van der Waals surface area contributed by atoms with E-state index in [0.29, 0.717) is 52.5 Å². The lowest BCUT2D eigenvalue weighted by Gasteiger charge is -2.22. The van der Waals surface area contributed by atoms with Crippen molar-refractivity contribution in [3.63, 3.8) is 0 Å². The zero-order valence-corrected chi connectivity index (χ0v) is 16.5. The summed E-state index contributed by atoms with van der Waals surface area (Å²) in [4.78, 5) is 3.86. The van der Waals surface area contributed by atoms with Crippen LogP contribution in [0.1, 0.15) is 0 Å². The largest absolute Gasteiger partial charge is 0.397 e. The van der Waals surface area contributed by atoms with E-state index in [9.17, 15) is 8.42 Å². The van der Waals surface area contributed by atoms with Crippen LogP contribution in [0.2, 0.25) is 0 Å². The van der Waals surface area contributed by atoms with Gasteiger partial charge in [0.25, 0.3) is 0 Å². The minimum atomic E-state index is -4.26. The average Bonchev–Trinajstić information content (AvgIpc) is 2.60. The molecule has 0 amide bonds. The molecule has 0 atom stereocenters. The Balaban J connectivity index is 0. The van der Waals surface area contributed by atoms with Gasteiger partial charge >= 0.3 is 10.4 Å². The van der Waals surface area contributed by atoms with Gasteiger partial charge in [0, 0.05) is 39.3 Å². The molecule has 0 aliphatic rings. The van der Waals surface area contributed by atoms with Gasteiger partial charge in [-0.2, -0.15) is 8.42 Å². The molecule has 0 unspecified atom stereocenters. The lowest BCUT2D eigenvalue weighted by atomic mass is 10.4. The Kier molecular flexibility index (Phi) is 21.2. The number of hydrogen-bond donors (Lipinski definition) is 5. The van der Waals surface area contributed by atoms with E-state index in [1.165, 1.54) is 6.08 Å². The van der Waals surface area contributed by atoms with Crippen molar-refractivity contribution in [2.24, 2.45) is 0 Å². The first-order valence-electron chi connectivity index (χ1n) is 8.53. The number of hydrogen-bond acceptors (Lipinski definition) is 10. The summed E-state index contributed by atoms with van der Waals surface area (Å²) in [6.45, 7) is 7.78. The van der Waals surface area contributed by atoms with Crippen LogP contribution in [0.3, 0.4) is 0 Å². The highest BCUT2D eigenvalue weighted by Crippen LogP contribution is 1.90. The maximum absolute atomic E-state index is 9.68. The Bertz CT molecular complexity index is 394. The number of ether oxygens (including phenoxy) is 1. The zero-order valence-electron chi connectivity index (χ0n) is 15.6. The molecule has 0 spiro atoms.